The maximum absolute atomic E-state index is 12.3. The van der Waals surface area contributed by atoms with E-state index in [0.717, 1.165) is 45.1 Å². The topological polar surface area (TPSA) is 52.6 Å². The first-order valence-corrected chi connectivity index (χ1v) is 8.87. The van der Waals surface area contributed by atoms with Crippen molar-refractivity contribution >= 4 is 5.91 Å². The summed E-state index contributed by atoms with van der Waals surface area (Å²) in [6.07, 6.45) is 8.58. The van der Waals surface area contributed by atoms with Crippen molar-refractivity contribution in [1.82, 2.24) is 10.2 Å². The second-order valence-electron chi connectivity index (χ2n) is 6.78. The van der Waals surface area contributed by atoms with Crippen LogP contribution in [0.25, 0.3) is 0 Å². The van der Waals surface area contributed by atoms with Crippen LogP contribution in [-0.4, -0.2) is 47.2 Å². The van der Waals surface area contributed by atoms with Gasteiger partial charge in [0, 0.05) is 18.0 Å². The molecule has 4 heteroatoms. The first-order valence-electron chi connectivity index (χ1n) is 8.87. The lowest BCUT2D eigenvalue weighted by molar-refractivity contribution is -0.124. The lowest BCUT2D eigenvalue weighted by Gasteiger charge is -2.40. The molecule has 0 aromatic heterocycles. The summed E-state index contributed by atoms with van der Waals surface area (Å²) in [6, 6.07) is 0.710. The number of rotatable bonds is 6. The molecule has 1 saturated heterocycles. The number of aliphatic hydroxyl groups excluding tert-OH is 1. The Morgan fingerprint density at radius 3 is 2.57 bits per heavy atom. The van der Waals surface area contributed by atoms with Gasteiger partial charge in [0.25, 0.3) is 0 Å². The first-order chi connectivity index (χ1) is 10.2. The third-order valence-corrected chi connectivity index (χ3v) is 5.39. The van der Waals surface area contributed by atoms with E-state index < -0.39 is 0 Å². The van der Waals surface area contributed by atoms with Crippen molar-refractivity contribution in [3.8, 4) is 0 Å². The van der Waals surface area contributed by atoms with Gasteiger partial charge in [0.2, 0.25) is 5.91 Å². The zero-order valence-electron chi connectivity index (χ0n) is 13.7. The Labute approximate surface area is 129 Å². The van der Waals surface area contributed by atoms with Gasteiger partial charge in [0.1, 0.15) is 0 Å². The Kier molecular flexibility index (Phi) is 6.49. The van der Waals surface area contributed by atoms with E-state index >= 15 is 0 Å². The predicted molar refractivity (Wildman–Crippen MR) is 85.1 cm³/mol. The molecule has 2 rings (SSSR count). The van der Waals surface area contributed by atoms with E-state index in [-0.39, 0.29) is 12.0 Å². The van der Waals surface area contributed by atoms with Gasteiger partial charge in [-0.05, 0) is 45.1 Å². The summed E-state index contributed by atoms with van der Waals surface area (Å²) in [7, 11) is 0. The maximum Gasteiger partial charge on any atom is 0.234 e. The second-order valence-corrected chi connectivity index (χ2v) is 6.78. The fraction of sp³-hybridized carbons (Fsp3) is 0.941. The van der Waals surface area contributed by atoms with Crippen molar-refractivity contribution in [1.29, 1.82) is 0 Å². The van der Waals surface area contributed by atoms with Gasteiger partial charge in [0.15, 0.2) is 0 Å². The van der Waals surface area contributed by atoms with Crippen LogP contribution >= 0.6 is 0 Å². The predicted octanol–water partition coefficient (Wildman–Crippen LogP) is 2.31. The number of nitrogens with zero attached hydrogens (tertiary/aromatic N) is 1. The van der Waals surface area contributed by atoms with E-state index in [4.69, 9.17) is 0 Å². The number of amides is 1. The van der Waals surface area contributed by atoms with Crippen molar-refractivity contribution in [2.75, 3.05) is 13.1 Å². The Balaban J connectivity index is 1.91. The summed E-state index contributed by atoms with van der Waals surface area (Å²) in [5, 5.41) is 13.3. The molecule has 1 aliphatic heterocycles. The summed E-state index contributed by atoms with van der Waals surface area (Å²) in [6.45, 7) is 5.74. The summed E-state index contributed by atoms with van der Waals surface area (Å²) in [5.74, 6) is 0.536. The minimum Gasteiger partial charge on any atom is -0.393 e. The molecule has 0 radical (unpaired) electrons. The van der Waals surface area contributed by atoms with Gasteiger partial charge in [-0.3, -0.25) is 9.69 Å². The quantitative estimate of drug-likeness (QED) is 0.791. The molecule has 1 saturated carbocycles. The number of nitrogens with one attached hydrogen (secondary N) is 1. The number of carbonyl (C=O) groups excluding carboxylic acids is 1. The van der Waals surface area contributed by atoms with Crippen LogP contribution in [0.1, 0.15) is 65.2 Å². The highest BCUT2D eigenvalue weighted by Crippen LogP contribution is 2.35. The van der Waals surface area contributed by atoms with Crippen molar-refractivity contribution in [2.45, 2.75) is 83.4 Å². The van der Waals surface area contributed by atoms with Gasteiger partial charge in [-0.1, -0.05) is 26.7 Å². The Bertz CT molecular complexity index is 331. The lowest BCUT2D eigenvalue weighted by atomic mass is 9.87. The Morgan fingerprint density at radius 2 is 1.95 bits per heavy atom. The number of hydrogen-bond donors (Lipinski definition) is 2. The molecule has 1 amide bonds. The number of hydrogen-bond acceptors (Lipinski definition) is 3. The van der Waals surface area contributed by atoms with Crippen LogP contribution in [0.3, 0.4) is 0 Å². The molecule has 0 aromatic rings. The van der Waals surface area contributed by atoms with E-state index in [1.165, 1.54) is 12.8 Å². The van der Waals surface area contributed by atoms with E-state index in [0.29, 0.717) is 24.5 Å². The van der Waals surface area contributed by atoms with Crippen LogP contribution in [0.5, 0.6) is 0 Å². The molecule has 2 aliphatic rings. The van der Waals surface area contributed by atoms with Gasteiger partial charge < -0.3 is 10.4 Å². The summed E-state index contributed by atoms with van der Waals surface area (Å²) in [5.41, 5.74) is 0. The number of likely N-dealkylation sites (tertiary alicyclic amines) is 1. The van der Waals surface area contributed by atoms with Gasteiger partial charge in [-0.25, -0.2) is 0 Å². The van der Waals surface area contributed by atoms with Crippen LogP contribution in [0, 0.1) is 5.92 Å². The van der Waals surface area contributed by atoms with Crippen molar-refractivity contribution in [2.24, 2.45) is 5.92 Å². The number of aliphatic hydroxyl groups is 1. The third-order valence-electron chi connectivity index (χ3n) is 5.39. The first kappa shape index (κ1) is 16.8. The van der Waals surface area contributed by atoms with Crippen molar-refractivity contribution < 1.29 is 9.90 Å². The van der Waals surface area contributed by atoms with Crippen LogP contribution in [0.4, 0.5) is 0 Å². The highest BCUT2D eigenvalue weighted by Gasteiger charge is 2.37. The van der Waals surface area contributed by atoms with Crippen molar-refractivity contribution in [3.05, 3.63) is 0 Å². The zero-order chi connectivity index (χ0) is 15.2. The Hall–Kier alpha value is -0.610. The highest BCUT2D eigenvalue weighted by molar-refractivity contribution is 5.78. The molecule has 21 heavy (non-hydrogen) atoms. The molecule has 0 bridgehead atoms. The third kappa shape index (κ3) is 4.43. The fourth-order valence-electron chi connectivity index (χ4n) is 4.07. The van der Waals surface area contributed by atoms with E-state index in [1.807, 2.05) is 0 Å². The molecule has 2 N–H and O–H groups in total. The van der Waals surface area contributed by atoms with Gasteiger partial charge in [-0.2, -0.15) is 0 Å². The zero-order valence-corrected chi connectivity index (χ0v) is 13.7. The minimum atomic E-state index is -0.155. The van der Waals surface area contributed by atoms with Gasteiger partial charge in [0.05, 0.1) is 12.6 Å². The summed E-state index contributed by atoms with van der Waals surface area (Å²) >= 11 is 0. The highest BCUT2D eigenvalue weighted by atomic mass is 16.3. The smallest absolute Gasteiger partial charge is 0.234 e. The molecular weight excluding hydrogens is 264 g/mol. The molecule has 0 aromatic carbocycles. The number of carbonyl (C=O) groups is 1. The Morgan fingerprint density at radius 1 is 1.19 bits per heavy atom. The average molecular weight is 296 g/mol. The molecule has 1 heterocycles. The van der Waals surface area contributed by atoms with E-state index in [2.05, 4.69) is 24.1 Å². The van der Waals surface area contributed by atoms with Crippen LogP contribution in [-0.2, 0) is 4.79 Å². The normalized spacial score (nSPS) is 30.8. The SMILES string of the molecule is CCC(CC)NC(=O)CN1CCCCC1C1CCCC1O. The molecule has 3 atom stereocenters. The molecule has 1 aliphatic carbocycles. The van der Waals surface area contributed by atoms with Crippen LogP contribution in [0.15, 0.2) is 0 Å². The molecular formula is C17H32N2O2. The minimum absolute atomic E-state index is 0.155. The largest absolute Gasteiger partial charge is 0.393 e. The van der Waals surface area contributed by atoms with Gasteiger partial charge >= 0.3 is 0 Å². The van der Waals surface area contributed by atoms with Crippen LogP contribution in [0.2, 0.25) is 0 Å². The van der Waals surface area contributed by atoms with Gasteiger partial charge in [-0.15, -0.1) is 0 Å². The molecule has 122 valence electrons. The van der Waals surface area contributed by atoms with E-state index in [1.54, 1.807) is 0 Å². The summed E-state index contributed by atoms with van der Waals surface area (Å²) in [4.78, 5) is 14.6. The lowest BCUT2D eigenvalue weighted by Crippen LogP contribution is -2.51. The molecule has 3 unspecified atom stereocenters. The van der Waals surface area contributed by atoms with Crippen molar-refractivity contribution in [3.63, 3.8) is 0 Å². The standard InChI is InChI=1S/C17H32N2O2/c1-3-13(4-2)18-17(21)12-19-11-6-5-9-15(19)14-8-7-10-16(14)20/h13-16,20H,3-12H2,1-2H3,(H,18,21). The monoisotopic (exact) mass is 296 g/mol. The molecule has 0 spiro atoms. The number of piperidine rings is 1. The maximum atomic E-state index is 12.3. The fourth-order valence-corrected chi connectivity index (χ4v) is 4.07. The van der Waals surface area contributed by atoms with E-state index in [9.17, 15) is 9.90 Å². The second kappa shape index (κ2) is 8.14. The molecule has 2 fully saturated rings. The molecule has 4 nitrogen and oxygen atoms in total. The van der Waals surface area contributed by atoms with Crippen LogP contribution < -0.4 is 5.32 Å². The summed E-state index contributed by atoms with van der Waals surface area (Å²) < 4.78 is 0. The average Bonchev–Trinajstić information content (AvgIpc) is 2.91.